The molecule has 0 aromatic heterocycles. The number of aliphatic hydroxyl groups excluding tert-OH is 1. The summed E-state index contributed by atoms with van der Waals surface area (Å²) < 4.78 is 0. The van der Waals surface area contributed by atoms with Gasteiger partial charge in [-0.3, -0.25) is 10.1 Å². The summed E-state index contributed by atoms with van der Waals surface area (Å²) in [6.07, 6.45) is 0.288. The van der Waals surface area contributed by atoms with E-state index in [0.717, 1.165) is 12.1 Å². The van der Waals surface area contributed by atoms with Crippen molar-refractivity contribution in [3.63, 3.8) is 0 Å². The summed E-state index contributed by atoms with van der Waals surface area (Å²) in [5, 5.41) is 39.1. The van der Waals surface area contributed by atoms with Gasteiger partial charge in [0.05, 0.1) is 17.1 Å². The van der Waals surface area contributed by atoms with Crippen LogP contribution in [0.3, 0.4) is 0 Å². The normalized spacial score (nSPS) is 14.2. The van der Waals surface area contributed by atoms with E-state index in [1.54, 1.807) is 0 Å². The number of aromatic hydroxyl groups is 2. The van der Waals surface area contributed by atoms with Crippen molar-refractivity contribution in [1.29, 1.82) is 0 Å². The smallest absolute Gasteiger partial charge is 0.314 e. The van der Waals surface area contributed by atoms with Gasteiger partial charge >= 0.3 is 5.69 Å². The van der Waals surface area contributed by atoms with Gasteiger partial charge in [-0.2, -0.15) is 0 Å². The van der Waals surface area contributed by atoms with Crippen molar-refractivity contribution in [3.8, 4) is 11.5 Å². The van der Waals surface area contributed by atoms with E-state index in [1.165, 1.54) is 0 Å². The van der Waals surface area contributed by atoms with Crippen LogP contribution < -0.4 is 5.73 Å². The summed E-state index contributed by atoms with van der Waals surface area (Å²) >= 11 is 0. The standard InChI is InChI=1S/C11H16N2O5/c1-2-3-8(14)10(12)6-4-7(13(17)18)11(16)9(15)5-6/h4-5,8,10,14-16H,2-3,12H2,1H3/t8-,10+/m0/s1. The number of benzene rings is 1. The van der Waals surface area contributed by atoms with Crippen LogP contribution in [0.2, 0.25) is 0 Å². The van der Waals surface area contributed by atoms with Gasteiger partial charge in [0.1, 0.15) is 0 Å². The molecule has 7 heteroatoms. The lowest BCUT2D eigenvalue weighted by atomic mass is 9.98. The molecule has 0 aliphatic heterocycles. The Balaban J connectivity index is 3.14. The second-order valence-electron chi connectivity index (χ2n) is 4.05. The van der Waals surface area contributed by atoms with Gasteiger partial charge in [-0.25, -0.2) is 0 Å². The first-order valence-electron chi connectivity index (χ1n) is 5.52. The van der Waals surface area contributed by atoms with Gasteiger partial charge < -0.3 is 21.1 Å². The van der Waals surface area contributed by atoms with Crippen molar-refractivity contribution in [2.75, 3.05) is 0 Å². The van der Waals surface area contributed by atoms with Gasteiger partial charge in [-0.15, -0.1) is 0 Å². The van der Waals surface area contributed by atoms with Crippen molar-refractivity contribution in [1.82, 2.24) is 0 Å². The van der Waals surface area contributed by atoms with E-state index < -0.39 is 34.3 Å². The molecular weight excluding hydrogens is 240 g/mol. The van der Waals surface area contributed by atoms with E-state index >= 15 is 0 Å². The minimum absolute atomic E-state index is 0.206. The van der Waals surface area contributed by atoms with E-state index in [-0.39, 0.29) is 5.56 Å². The third-order valence-corrected chi connectivity index (χ3v) is 2.67. The second kappa shape index (κ2) is 5.65. The molecule has 0 aliphatic carbocycles. The number of rotatable bonds is 5. The summed E-state index contributed by atoms with van der Waals surface area (Å²) in [4.78, 5) is 9.85. The Kier molecular flexibility index (Phi) is 4.46. The average molecular weight is 256 g/mol. The molecule has 1 aromatic carbocycles. The number of aliphatic hydroxyl groups is 1. The molecule has 2 atom stereocenters. The number of hydrogen-bond donors (Lipinski definition) is 4. The van der Waals surface area contributed by atoms with Crippen molar-refractivity contribution in [2.24, 2.45) is 5.73 Å². The summed E-state index contributed by atoms with van der Waals surface area (Å²) in [5.41, 5.74) is 5.32. The number of phenolic OH excluding ortho intramolecular Hbond substituents is 2. The Morgan fingerprint density at radius 3 is 2.56 bits per heavy atom. The molecule has 0 aliphatic rings. The highest BCUT2D eigenvalue weighted by atomic mass is 16.6. The van der Waals surface area contributed by atoms with Crippen LogP contribution in [0.1, 0.15) is 31.4 Å². The number of nitro groups is 1. The SMILES string of the molecule is CCC[C@H](O)[C@H](N)c1cc(O)c(O)c([N+](=O)[O-])c1. The molecule has 0 spiro atoms. The fourth-order valence-corrected chi connectivity index (χ4v) is 1.65. The Morgan fingerprint density at radius 1 is 1.44 bits per heavy atom. The lowest BCUT2D eigenvalue weighted by Gasteiger charge is -2.18. The highest BCUT2D eigenvalue weighted by molar-refractivity contribution is 5.57. The van der Waals surface area contributed by atoms with Crippen molar-refractivity contribution in [3.05, 3.63) is 27.8 Å². The summed E-state index contributed by atoms with van der Waals surface area (Å²) in [6, 6.07) is 1.32. The fraction of sp³-hybridized carbons (Fsp3) is 0.455. The second-order valence-corrected chi connectivity index (χ2v) is 4.05. The molecule has 0 heterocycles. The van der Waals surface area contributed by atoms with E-state index in [1.807, 2.05) is 6.92 Å². The molecule has 100 valence electrons. The van der Waals surface area contributed by atoms with Crippen LogP contribution in [0.4, 0.5) is 5.69 Å². The van der Waals surface area contributed by atoms with Gasteiger partial charge in [0.15, 0.2) is 5.75 Å². The third kappa shape index (κ3) is 2.88. The molecule has 7 nitrogen and oxygen atoms in total. The lowest BCUT2D eigenvalue weighted by Crippen LogP contribution is -2.26. The quantitative estimate of drug-likeness (QED) is 0.355. The molecular formula is C11H16N2O5. The Morgan fingerprint density at radius 2 is 2.06 bits per heavy atom. The highest BCUT2D eigenvalue weighted by Crippen LogP contribution is 2.38. The predicted octanol–water partition coefficient (Wildman–Crippen LogP) is 1.17. The fourth-order valence-electron chi connectivity index (χ4n) is 1.65. The Bertz CT molecular complexity index is 449. The topological polar surface area (TPSA) is 130 Å². The van der Waals surface area contributed by atoms with Crippen molar-refractivity contribution < 1.29 is 20.2 Å². The molecule has 1 aromatic rings. The number of phenols is 2. The first-order valence-corrected chi connectivity index (χ1v) is 5.52. The molecule has 5 N–H and O–H groups in total. The van der Waals surface area contributed by atoms with Crippen LogP contribution in [0, 0.1) is 10.1 Å². The first kappa shape index (κ1) is 14.2. The molecule has 1 rings (SSSR count). The molecule has 0 saturated heterocycles. The van der Waals surface area contributed by atoms with E-state index in [4.69, 9.17) is 5.73 Å². The summed E-state index contributed by atoms with van der Waals surface area (Å²) in [6.45, 7) is 1.87. The zero-order valence-electron chi connectivity index (χ0n) is 9.91. The van der Waals surface area contributed by atoms with Gasteiger partial charge in [-0.05, 0) is 18.1 Å². The molecule has 0 amide bonds. The van der Waals surface area contributed by atoms with Crippen LogP contribution in [0.25, 0.3) is 0 Å². The first-order chi connectivity index (χ1) is 8.38. The van der Waals surface area contributed by atoms with Crippen LogP contribution in [-0.2, 0) is 0 Å². The van der Waals surface area contributed by atoms with Crippen LogP contribution in [-0.4, -0.2) is 26.3 Å². The lowest BCUT2D eigenvalue weighted by molar-refractivity contribution is -0.386. The minimum atomic E-state index is -0.862. The van der Waals surface area contributed by atoms with Gasteiger partial charge in [-0.1, -0.05) is 13.3 Å². The Labute approximate surface area is 104 Å². The summed E-state index contributed by atoms with van der Waals surface area (Å²) in [7, 11) is 0. The van der Waals surface area contributed by atoms with E-state index in [0.29, 0.717) is 12.8 Å². The van der Waals surface area contributed by atoms with Gasteiger partial charge in [0, 0.05) is 6.07 Å². The van der Waals surface area contributed by atoms with Crippen molar-refractivity contribution >= 4 is 5.69 Å². The molecule has 0 radical (unpaired) electrons. The van der Waals surface area contributed by atoms with Crippen molar-refractivity contribution in [2.45, 2.75) is 31.9 Å². The highest BCUT2D eigenvalue weighted by Gasteiger charge is 2.24. The minimum Gasteiger partial charge on any atom is -0.504 e. The molecule has 0 unspecified atom stereocenters. The average Bonchev–Trinajstić information content (AvgIpc) is 2.31. The van der Waals surface area contributed by atoms with Crippen LogP contribution >= 0.6 is 0 Å². The van der Waals surface area contributed by atoms with Crippen LogP contribution in [0.15, 0.2) is 12.1 Å². The Hall–Kier alpha value is -1.86. The maximum Gasteiger partial charge on any atom is 0.314 e. The van der Waals surface area contributed by atoms with E-state index in [9.17, 15) is 25.4 Å². The zero-order valence-corrected chi connectivity index (χ0v) is 9.91. The largest absolute Gasteiger partial charge is 0.504 e. The van der Waals surface area contributed by atoms with Gasteiger partial charge in [0.2, 0.25) is 5.75 Å². The van der Waals surface area contributed by atoms with E-state index in [2.05, 4.69) is 0 Å². The number of hydrogen-bond acceptors (Lipinski definition) is 6. The zero-order chi connectivity index (χ0) is 13.9. The number of nitro benzene ring substituents is 1. The monoisotopic (exact) mass is 256 g/mol. The maximum absolute atomic E-state index is 10.7. The number of nitrogens with zero attached hydrogens (tertiary/aromatic N) is 1. The maximum atomic E-state index is 10.7. The molecule has 18 heavy (non-hydrogen) atoms. The molecule has 0 fully saturated rings. The molecule has 0 saturated carbocycles. The predicted molar refractivity (Wildman–Crippen MR) is 64.3 cm³/mol. The molecule has 0 bridgehead atoms. The third-order valence-electron chi connectivity index (χ3n) is 2.67. The number of nitrogens with two attached hydrogens (primary N) is 1. The van der Waals surface area contributed by atoms with Crippen LogP contribution in [0.5, 0.6) is 11.5 Å². The van der Waals surface area contributed by atoms with Gasteiger partial charge in [0.25, 0.3) is 0 Å². The summed E-state index contributed by atoms with van der Waals surface area (Å²) in [5.74, 6) is -1.43.